The molecule has 1 heterocycles. The Bertz CT molecular complexity index is 1020. The number of hydrazine groups is 1. The second-order valence-corrected chi connectivity index (χ2v) is 8.29. The van der Waals surface area contributed by atoms with Gasteiger partial charge in [0, 0.05) is 23.3 Å². The Morgan fingerprint density at radius 1 is 1.23 bits per heavy atom. The molecule has 0 fully saturated rings. The zero-order valence-corrected chi connectivity index (χ0v) is 17.7. The van der Waals surface area contributed by atoms with E-state index in [1.165, 1.54) is 24.3 Å². The molecule has 0 unspecified atom stereocenters. The molecule has 0 saturated heterocycles. The monoisotopic (exact) mass is 431 g/mol. The first-order valence-corrected chi connectivity index (χ1v) is 9.81. The number of hydrogen-bond acceptors (Lipinski definition) is 5. The number of hydrogen-bond donors (Lipinski definition) is 1. The van der Waals surface area contributed by atoms with E-state index in [-0.39, 0.29) is 16.8 Å². The molecule has 30 heavy (non-hydrogen) atoms. The normalized spacial score (nSPS) is 13.1. The van der Waals surface area contributed by atoms with Gasteiger partial charge in [-0.15, -0.1) is 0 Å². The number of benzene rings is 2. The van der Waals surface area contributed by atoms with Crippen LogP contribution in [0.4, 0.5) is 5.69 Å². The predicted octanol–water partition coefficient (Wildman–Crippen LogP) is 4.16. The molecule has 8 nitrogen and oxygen atoms in total. The first-order chi connectivity index (χ1) is 14.1. The summed E-state index contributed by atoms with van der Waals surface area (Å²) in [6.07, 6.45) is 1.50. The highest BCUT2D eigenvalue weighted by molar-refractivity contribution is 6.34. The number of nitrogens with zero attached hydrogens (tertiary/aromatic N) is 2. The maximum absolute atomic E-state index is 13.1. The summed E-state index contributed by atoms with van der Waals surface area (Å²) in [5, 5.41) is 12.5. The van der Waals surface area contributed by atoms with Crippen molar-refractivity contribution < 1.29 is 19.2 Å². The molecule has 0 bridgehead atoms. The number of fused-ring (bicyclic) bond motifs is 1. The van der Waals surface area contributed by atoms with Gasteiger partial charge in [0.1, 0.15) is 5.75 Å². The van der Waals surface area contributed by atoms with Gasteiger partial charge in [-0.25, -0.2) is 5.01 Å². The average Bonchev–Trinajstić information content (AvgIpc) is 2.71. The van der Waals surface area contributed by atoms with Crippen LogP contribution in [0.3, 0.4) is 0 Å². The van der Waals surface area contributed by atoms with Crippen molar-refractivity contribution in [2.45, 2.75) is 39.2 Å². The zero-order valence-electron chi connectivity index (χ0n) is 16.9. The van der Waals surface area contributed by atoms with Crippen LogP contribution in [0.2, 0.25) is 5.02 Å². The van der Waals surface area contributed by atoms with Crippen LogP contribution in [0.25, 0.3) is 0 Å². The Morgan fingerprint density at radius 3 is 2.63 bits per heavy atom. The van der Waals surface area contributed by atoms with Crippen molar-refractivity contribution in [2.75, 3.05) is 6.61 Å². The maximum atomic E-state index is 13.1. The van der Waals surface area contributed by atoms with E-state index in [0.717, 1.165) is 17.0 Å². The summed E-state index contributed by atoms with van der Waals surface area (Å²) in [7, 11) is 0. The first kappa shape index (κ1) is 21.6. The molecule has 1 aliphatic heterocycles. The summed E-state index contributed by atoms with van der Waals surface area (Å²) in [4.78, 5) is 36.5. The fraction of sp³-hybridized carbons (Fsp3) is 0.333. The molecule has 0 radical (unpaired) electrons. The van der Waals surface area contributed by atoms with Crippen molar-refractivity contribution >= 4 is 29.1 Å². The van der Waals surface area contributed by atoms with E-state index >= 15 is 0 Å². The number of nitro benzene ring substituents is 1. The van der Waals surface area contributed by atoms with Crippen LogP contribution in [0.1, 0.15) is 53.5 Å². The molecule has 3 rings (SSSR count). The van der Waals surface area contributed by atoms with E-state index in [0.29, 0.717) is 23.8 Å². The van der Waals surface area contributed by atoms with Gasteiger partial charge in [0.15, 0.2) is 0 Å². The Labute approximate surface area is 178 Å². The molecule has 0 spiro atoms. The summed E-state index contributed by atoms with van der Waals surface area (Å²) in [5.41, 5.74) is 2.68. The molecular weight excluding hydrogens is 410 g/mol. The third-order valence-corrected chi connectivity index (χ3v) is 5.10. The van der Waals surface area contributed by atoms with Gasteiger partial charge < -0.3 is 4.74 Å². The van der Waals surface area contributed by atoms with Crippen LogP contribution < -0.4 is 10.2 Å². The lowest BCUT2D eigenvalue weighted by molar-refractivity contribution is -0.384. The molecule has 0 saturated carbocycles. The highest BCUT2D eigenvalue weighted by atomic mass is 35.5. The number of rotatable bonds is 3. The second-order valence-electron chi connectivity index (χ2n) is 7.92. The molecule has 9 heteroatoms. The van der Waals surface area contributed by atoms with Crippen molar-refractivity contribution in [1.29, 1.82) is 0 Å². The SMILES string of the molecule is CC(C)(C)N(NC(=O)c1ccc2c(c1Cl)CCCO2)C(=O)c1cccc([N+](=O)[O-])c1. The molecule has 1 aliphatic rings. The van der Waals surface area contributed by atoms with E-state index in [2.05, 4.69) is 5.43 Å². The minimum atomic E-state index is -0.804. The minimum Gasteiger partial charge on any atom is -0.493 e. The van der Waals surface area contributed by atoms with Gasteiger partial charge in [0.25, 0.3) is 17.5 Å². The van der Waals surface area contributed by atoms with Crippen molar-refractivity contribution in [1.82, 2.24) is 10.4 Å². The highest BCUT2D eigenvalue weighted by Crippen LogP contribution is 2.34. The Hall–Kier alpha value is -3.13. The molecule has 1 N–H and O–H groups in total. The summed E-state index contributed by atoms with van der Waals surface area (Å²) >= 11 is 6.45. The number of carbonyl (C=O) groups is 2. The van der Waals surface area contributed by atoms with E-state index in [1.807, 2.05) is 0 Å². The largest absolute Gasteiger partial charge is 0.493 e. The lowest BCUT2D eigenvalue weighted by atomic mass is 10.0. The number of ether oxygens (including phenoxy) is 1. The smallest absolute Gasteiger partial charge is 0.273 e. The number of carbonyl (C=O) groups excluding carboxylic acids is 2. The average molecular weight is 432 g/mol. The lowest BCUT2D eigenvalue weighted by Gasteiger charge is -2.35. The van der Waals surface area contributed by atoms with Crippen molar-refractivity contribution in [3.05, 3.63) is 68.2 Å². The second kappa shape index (κ2) is 8.31. The summed E-state index contributed by atoms with van der Waals surface area (Å²) < 4.78 is 5.57. The summed E-state index contributed by atoms with van der Waals surface area (Å²) in [5.74, 6) is -0.470. The number of halogens is 1. The molecule has 0 aromatic heterocycles. The topological polar surface area (TPSA) is 102 Å². The third-order valence-electron chi connectivity index (χ3n) is 4.66. The van der Waals surface area contributed by atoms with Gasteiger partial charge in [-0.3, -0.25) is 25.1 Å². The fourth-order valence-electron chi connectivity index (χ4n) is 3.14. The standard InChI is InChI=1S/C21H22ClN3O5/c1-21(2,3)24(20(27)13-6-4-7-14(12-13)25(28)29)23-19(26)16-9-10-17-15(18(16)22)8-5-11-30-17/h4,6-7,9-10,12H,5,8,11H2,1-3H3,(H,23,26). The number of amides is 2. The van der Waals surface area contributed by atoms with E-state index in [9.17, 15) is 19.7 Å². The van der Waals surface area contributed by atoms with E-state index in [4.69, 9.17) is 16.3 Å². The van der Waals surface area contributed by atoms with Crippen molar-refractivity contribution in [2.24, 2.45) is 0 Å². The van der Waals surface area contributed by atoms with Crippen molar-refractivity contribution in [3.63, 3.8) is 0 Å². The van der Waals surface area contributed by atoms with Crippen LogP contribution in [0.5, 0.6) is 5.75 Å². The molecule has 2 aromatic rings. The van der Waals surface area contributed by atoms with Gasteiger partial charge in [-0.05, 0) is 51.8 Å². The van der Waals surface area contributed by atoms with Gasteiger partial charge >= 0.3 is 0 Å². The third kappa shape index (κ3) is 4.38. The van der Waals surface area contributed by atoms with Crippen LogP contribution in [-0.2, 0) is 6.42 Å². The van der Waals surface area contributed by atoms with Crippen LogP contribution >= 0.6 is 11.6 Å². The van der Waals surface area contributed by atoms with Crippen LogP contribution in [-0.4, -0.2) is 33.9 Å². The molecular formula is C21H22ClN3O5. The maximum Gasteiger partial charge on any atom is 0.273 e. The number of nitrogens with one attached hydrogen (secondary N) is 1. The molecule has 0 aliphatic carbocycles. The fourth-order valence-corrected chi connectivity index (χ4v) is 3.48. The molecule has 158 valence electrons. The van der Waals surface area contributed by atoms with Gasteiger partial charge in [-0.2, -0.15) is 0 Å². The summed E-state index contributed by atoms with van der Waals surface area (Å²) in [6, 6.07) is 8.61. The van der Waals surface area contributed by atoms with Gasteiger partial charge in [-0.1, -0.05) is 17.7 Å². The molecule has 2 aromatic carbocycles. The number of non-ortho nitro benzene ring substituents is 1. The Balaban J connectivity index is 1.91. The summed E-state index contributed by atoms with van der Waals surface area (Å²) in [6.45, 7) is 5.82. The molecule has 2 amide bonds. The van der Waals surface area contributed by atoms with Crippen molar-refractivity contribution in [3.8, 4) is 5.75 Å². The van der Waals surface area contributed by atoms with Crippen LogP contribution in [0, 0.1) is 10.1 Å². The Morgan fingerprint density at radius 2 is 1.97 bits per heavy atom. The highest BCUT2D eigenvalue weighted by Gasteiger charge is 2.31. The Kier molecular flexibility index (Phi) is 5.98. The first-order valence-electron chi connectivity index (χ1n) is 9.44. The zero-order chi connectivity index (χ0) is 22.1. The van der Waals surface area contributed by atoms with E-state index in [1.54, 1.807) is 32.9 Å². The van der Waals surface area contributed by atoms with Crippen LogP contribution in [0.15, 0.2) is 36.4 Å². The predicted molar refractivity (Wildman–Crippen MR) is 112 cm³/mol. The quantitative estimate of drug-likeness (QED) is 0.580. The lowest BCUT2D eigenvalue weighted by Crippen LogP contribution is -2.56. The van der Waals surface area contributed by atoms with Gasteiger partial charge in [0.05, 0.1) is 27.7 Å². The minimum absolute atomic E-state index is 0.0874. The number of nitro groups is 1. The molecule has 0 atom stereocenters. The van der Waals surface area contributed by atoms with E-state index < -0.39 is 22.3 Å². The van der Waals surface area contributed by atoms with Gasteiger partial charge in [0.2, 0.25) is 0 Å².